The standard InChI is InChI=1S/C22H19N3O4S/c1-2-30(27,28)25-18-10-7-15(8-11-18)19(26)12-9-17-14-23-24-22(17)21-13-16-5-3-4-6-20(16)29-21/h3-14,25H,2H2,1H3,(H,23,24)/b12-9+. The summed E-state index contributed by atoms with van der Waals surface area (Å²) in [5.41, 5.74) is 3.03. The summed E-state index contributed by atoms with van der Waals surface area (Å²) >= 11 is 0. The van der Waals surface area contributed by atoms with E-state index >= 15 is 0 Å². The van der Waals surface area contributed by atoms with Crippen molar-refractivity contribution in [2.45, 2.75) is 6.92 Å². The van der Waals surface area contributed by atoms with Gasteiger partial charge in [0.1, 0.15) is 11.3 Å². The van der Waals surface area contributed by atoms with Crippen molar-refractivity contribution in [3.63, 3.8) is 0 Å². The Bertz CT molecular complexity index is 1300. The Labute approximate surface area is 173 Å². The predicted molar refractivity (Wildman–Crippen MR) is 117 cm³/mol. The number of rotatable bonds is 7. The lowest BCUT2D eigenvalue weighted by atomic mass is 10.1. The zero-order valence-electron chi connectivity index (χ0n) is 16.1. The maximum Gasteiger partial charge on any atom is 0.232 e. The molecule has 4 rings (SSSR count). The van der Waals surface area contributed by atoms with Crippen LogP contribution in [-0.4, -0.2) is 30.2 Å². The van der Waals surface area contributed by atoms with Crippen molar-refractivity contribution in [1.82, 2.24) is 10.2 Å². The quantitative estimate of drug-likeness (QED) is 0.338. The van der Waals surface area contributed by atoms with Gasteiger partial charge >= 0.3 is 0 Å². The fourth-order valence-corrected chi connectivity index (χ4v) is 3.58. The second-order valence-electron chi connectivity index (χ2n) is 6.63. The predicted octanol–water partition coefficient (Wildman–Crippen LogP) is 4.48. The fourth-order valence-electron chi connectivity index (χ4n) is 2.94. The van der Waals surface area contributed by atoms with Gasteiger partial charge in [-0.25, -0.2) is 8.42 Å². The second kappa shape index (κ2) is 8.00. The lowest BCUT2D eigenvalue weighted by molar-refractivity contribution is 0.104. The van der Waals surface area contributed by atoms with Crippen LogP contribution >= 0.6 is 0 Å². The molecule has 2 aromatic heterocycles. The van der Waals surface area contributed by atoms with E-state index in [1.54, 1.807) is 43.5 Å². The van der Waals surface area contributed by atoms with Gasteiger partial charge in [0.2, 0.25) is 10.0 Å². The average molecular weight is 421 g/mol. The summed E-state index contributed by atoms with van der Waals surface area (Å²) in [4.78, 5) is 12.5. The normalized spacial score (nSPS) is 11.9. The number of para-hydroxylation sites is 1. The number of allylic oxidation sites excluding steroid dienone is 1. The molecule has 0 bridgehead atoms. The summed E-state index contributed by atoms with van der Waals surface area (Å²) < 4.78 is 31.5. The first-order valence-corrected chi connectivity index (χ1v) is 11.0. The zero-order chi connectivity index (χ0) is 21.1. The number of hydrogen-bond acceptors (Lipinski definition) is 5. The number of carbonyl (C=O) groups is 1. The highest BCUT2D eigenvalue weighted by molar-refractivity contribution is 7.92. The number of fused-ring (bicyclic) bond motifs is 1. The molecule has 0 aliphatic heterocycles. The first-order chi connectivity index (χ1) is 14.4. The van der Waals surface area contributed by atoms with E-state index < -0.39 is 10.0 Å². The van der Waals surface area contributed by atoms with Crippen LogP contribution in [0.2, 0.25) is 0 Å². The number of anilines is 1. The summed E-state index contributed by atoms with van der Waals surface area (Å²) in [6, 6.07) is 15.9. The van der Waals surface area contributed by atoms with Gasteiger partial charge in [-0.3, -0.25) is 14.6 Å². The molecule has 7 nitrogen and oxygen atoms in total. The minimum absolute atomic E-state index is 0.0192. The van der Waals surface area contributed by atoms with Crippen molar-refractivity contribution >= 4 is 38.5 Å². The first kappa shape index (κ1) is 19.7. The molecule has 0 aliphatic rings. The Hall–Kier alpha value is -3.65. The van der Waals surface area contributed by atoms with E-state index in [4.69, 9.17) is 4.42 Å². The molecule has 0 unspecified atom stereocenters. The highest BCUT2D eigenvalue weighted by Crippen LogP contribution is 2.29. The van der Waals surface area contributed by atoms with Gasteiger partial charge in [0, 0.05) is 22.2 Å². The van der Waals surface area contributed by atoms with E-state index in [9.17, 15) is 13.2 Å². The number of ketones is 1. The molecule has 0 saturated carbocycles. The molecule has 0 aliphatic carbocycles. The summed E-state index contributed by atoms with van der Waals surface area (Å²) in [6.45, 7) is 1.56. The highest BCUT2D eigenvalue weighted by atomic mass is 32.2. The van der Waals surface area contributed by atoms with Crippen LogP contribution < -0.4 is 4.72 Å². The van der Waals surface area contributed by atoms with Gasteiger partial charge in [0.15, 0.2) is 11.5 Å². The molecule has 2 aromatic carbocycles. The molecule has 2 heterocycles. The smallest absolute Gasteiger partial charge is 0.232 e. The van der Waals surface area contributed by atoms with Crippen molar-refractivity contribution in [2.24, 2.45) is 0 Å². The Balaban J connectivity index is 1.52. The molecule has 0 saturated heterocycles. The Morgan fingerprint density at radius 2 is 1.93 bits per heavy atom. The zero-order valence-corrected chi connectivity index (χ0v) is 16.9. The van der Waals surface area contributed by atoms with E-state index in [0.717, 1.165) is 16.5 Å². The minimum atomic E-state index is -3.35. The van der Waals surface area contributed by atoms with Gasteiger partial charge in [-0.2, -0.15) is 5.10 Å². The number of aromatic amines is 1. The van der Waals surface area contributed by atoms with Crippen LogP contribution in [0.25, 0.3) is 28.5 Å². The Morgan fingerprint density at radius 3 is 2.67 bits per heavy atom. The maximum atomic E-state index is 12.5. The van der Waals surface area contributed by atoms with Crippen LogP contribution in [0.4, 0.5) is 5.69 Å². The van der Waals surface area contributed by atoms with Gasteiger partial charge in [-0.15, -0.1) is 0 Å². The third-order valence-electron chi connectivity index (χ3n) is 4.58. The molecule has 0 amide bonds. The van der Waals surface area contributed by atoms with Gasteiger partial charge in [0.25, 0.3) is 0 Å². The first-order valence-electron chi connectivity index (χ1n) is 9.30. The molecular formula is C22H19N3O4S. The highest BCUT2D eigenvalue weighted by Gasteiger charge is 2.12. The Morgan fingerprint density at radius 1 is 1.17 bits per heavy atom. The Kier molecular flexibility index (Phi) is 5.24. The lowest BCUT2D eigenvalue weighted by Gasteiger charge is -2.06. The van der Waals surface area contributed by atoms with E-state index in [1.165, 1.54) is 6.08 Å². The topological polar surface area (TPSA) is 105 Å². The van der Waals surface area contributed by atoms with Gasteiger partial charge in [-0.1, -0.05) is 18.2 Å². The molecule has 8 heteroatoms. The van der Waals surface area contributed by atoms with Crippen LogP contribution in [0, 0.1) is 0 Å². The molecule has 0 atom stereocenters. The molecule has 152 valence electrons. The van der Waals surface area contributed by atoms with E-state index in [1.807, 2.05) is 30.3 Å². The average Bonchev–Trinajstić information content (AvgIpc) is 3.38. The molecule has 30 heavy (non-hydrogen) atoms. The van der Waals surface area contributed by atoms with Crippen molar-refractivity contribution in [1.29, 1.82) is 0 Å². The van der Waals surface area contributed by atoms with Crippen LogP contribution in [-0.2, 0) is 10.0 Å². The number of aromatic nitrogens is 2. The number of hydrogen-bond donors (Lipinski definition) is 2. The molecule has 0 radical (unpaired) electrons. The molecule has 0 spiro atoms. The van der Waals surface area contributed by atoms with Crippen molar-refractivity contribution in [3.8, 4) is 11.5 Å². The van der Waals surface area contributed by atoms with Crippen LogP contribution in [0.15, 0.2) is 71.3 Å². The minimum Gasteiger partial charge on any atom is -0.454 e. The third-order valence-corrected chi connectivity index (χ3v) is 5.88. The molecule has 4 aromatic rings. The van der Waals surface area contributed by atoms with Crippen LogP contribution in [0.5, 0.6) is 0 Å². The van der Waals surface area contributed by atoms with Crippen molar-refractivity contribution < 1.29 is 17.6 Å². The van der Waals surface area contributed by atoms with E-state index in [0.29, 0.717) is 22.7 Å². The maximum absolute atomic E-state index is 12.5. The van der Waals surface area contributed by atoms with Gasteiger partial charge < -0.3 is 4.42 Å². The number of benzene rings is 2. The number of H-pyrrole nitrogens is 1. The molecular weight excluding hydrogens is 402 g/mol. The summed E-state index contributed by atoms with van der Waals surface area (Å²) in [7, 11) is -3.35. The van der Waals surface area contributed by atoms with Gasteiger partial charge in [0.05, 0.1) is 11.9 Å². The SMILES string of the molecule is CCS(=O)(=O)Nc1ccc(C(=O)/C=C/c2cn[nH]c2-c2cc3ccccc3o2)cc1. The number of carbonyl (C=O) groups excluding carboxylic acids is 1. The summed E-state index contributed by atoms with van der Waals surface area (Å²) in [5, 5.41) is 7.95. The number of nitrogens with zero attached hydrogens (tertiary/aromatic N) is 1. The number of furan rings is 1. The third kappa shape index (κ3) is 4.18. The molecule has 0 fully saturated rings. The second-order valence-corrected chi connectivity index (χ2v) is 8.64. The summed E-state index contributed by atoms with van der Waals surface area (Å²) in [6.07, 6.45) is 4.74. The van der Waals surface area contributed by atoms with Crippen molar-refractivity contribution in [2.75, 3.05) is 10.5 Å². The van der Waals surface area contributed by atoms with Gasteiger partial charge in [-0.05, 0) is 55.5 Å². The van der Waals surface area contributed by atoms with E-state index in [2.05, 4.69) is 14.9 Å². The summed E-state index contributed by atoms with van der Waals surface area (Å²) in [5.74, 6) is 0.402. The number of sulfonamides is 1. The van der Waals surface area contributed by atoms with Crippen LogP contribution in [0.1, 0.15) is 22.8 Å². The lowest BCUT2D eigenvalue weighted by Crippen LogP contribution is -2.14. The van der Waals surface area contributed by atoms with E-state index in [-0.39, 0.29) is 11.5 Å². The number of nitrogens with one attached hydrogen (secondary N) is 2. The molecule has 2 N–H and O–H groups in total. The largest absolute Gasteiger partial charge is 0.454 e. The van der Waals surface area contributed by atoms with Crippen LogP contribution in [0.3, 0.4) is 0 Å². The fraction of sp³-hybridized carbons (Fsp3) is 0.0909. The monoisotopic (exact) mass is 421 g/mol. The van der Waals surface area contributed by atoms with Crippen molar-refractivity contribution in [3.05, 3.63) is 78.0 Å².